The first kappa shape index (κ1) is 35.3. The van der Waals surface area contributed by atoms with Gasteiger partial charge in [0, 0.05) is 47.2 Å². The normalized spacial score (nSPS) is 46.7. The Balaban J connectivity index is 1.29. The molecule has 5 fully saturated rings. The Morgan fingerprint density at radius 2 is 1.67 bits per heavy atom. The van der Waals surface area contributed by atoms with Crippen molar-refractivity contribution in [2.75, 3.05) is 11.5 Å². The Labute approximate surface area is 295 Å². The number of aliphatic hydroxyl groups excluding tert-OH is 3. The molecule has 5 aliphatic carbocycles. The van der Waals surface area contributed by atoms with Crippen molar-refractivity contribution in [2.24, 2.45) is 45.8 Å². The number of ketones is 1. The van der Waals surface area contributed by atoms with E-state index in [4.69, 9.17) is 0 Å². The number of carbonyl (C=O) groups is 1. The lowest BCUT2D eigenvalue weighted by Gasteiger charge is -2.61. The van der Waals surface area contributed by atoms with Gasteiger partial charge in [-0.3, -0.25) is 4.79 Å². The Kier molecular flexibility index (Phi) is 9.44. The molecule has 0 spiro atoms. The Morgan fingerprint density at radius 3 is 2.38 bits per heavy atom. The third-order valence-electron chi connectivity index (χ3n) is 14.8. The molecule has 12 unspecified atom stereocenters. The summed E-state index contributed by atoms with van der Waals surface area (Å²) in [6, 6.07) is 0.252. The summed E-state index contributed by atoms with van der Waals surface area (Å²) in [7, 11) is 3.74. The standard InChI is InChI=1S/C39H58N2O5S2/c1-23-28-14-25(39(46)30-16-33(43)31-17-34(44)35(45)19-37(31,4)27(30)10-11-38(28,39)5)20-47-48-21-26(41-13-12-40-22-41)18-36(2,3)29(15-32(23)42)24-8-6-7-9-24/h12-13,16,22-23,25-28,31-32,34-35,42,44-46H,6-11,14-15,17-21H2,1-5H3. The summed E-state index contributed by atoms with van der Waals surface area (Å²) in [4.78, 5) is 18.3. The van der Waals surface area contributed by atoms with Crippen LogP contribution < -0.4 is 0 Å². The van der Waals surface area contributed by atoms with Crippen molar-refractivity contribution in [3.8, 4) is 0 Å². The number of aromatic nitrogens is 2. The maximum absolute atomic E-state index is 13.9. The summed E-state index contributed by atoms with van der Waals surface area (Å²) in [5, 5.41) is 47.1. The van der Waals surface area contributed by atoms with E-state index in [0.29, 0.717) is 12.8 Å². The van der Waals surface area contributed by atoms with E-state index in [1.807, 2.05) is 34.1 Å². The lowest BCUT2D eigenvalue weighted by Crippen LogP contribution is -2.62. The fraction of sp³-hybridized carbons (Fsp3) is 0.795. The van der Waals surface area contributed by atoms with E-state index in [9.17, 15) is 25.2 Å². The third kappa shape index (κ3) is 5.55. The van der Waals surface area contributed by atoms with Gasteiger partial charge in [0.25, 0.3) is 0 Å². The number of rotatable bonds is 1. The Morgan fingerprint density at radius 1 is 0.938 bits per heavy atom. The van der Waals surface area contributed by atoms with E-state index in [1.54, 1.807) is 11.6 Å². The second-order valence-electron chi connectivity index (χ2n) is 17.7. The largest absolute Gasteiger partial charge is 0.393 e. The van der Waals surface area contributed by atoms with E-state index in [-0.39, 0.29) is 53.3 Å². The highest BCUT2D eigenvalue weighted by Crippen LogP contribution is 2.70. The van der Waals surface area contributed by atoms with Crippen LogP contribution in [0.15, 0.2) is 41.5 Å². The number of hydrogen-bond acceptors (Lipinski definition) is 8. The van der Waals surface area contributed by atoms with E-state index >= 15 is 0 Å². The van der Waals surface area contributed by atoms with Crippen LogP contribution >= 0.6 is 21.6 Å². The fourth-order valence-electron chi connectivity index (χ4n) is 12.0. The molecule has 2 bridgehead atoms. The molecule has 6 aliphatic rings. The van der Waals surface area contributed by atoms with Gasteiger partial charge in [-0.05, 0) is 111 Å². The van der Waals surface area contributed by atoms with Gasteiger partial charge in [-0.25, -0.2) is 4.98 Å². The van der Waals surface area contributed by atoms with Crippen molar-refractivity contribution in [1.82, 2.24) is 9.55 Å². The smallest absolute Gasteiger partial charge is 0.159 e. The fourth-order valence-corrected chi connectivity index (χ4v) is 14.7. The Hall–Kier alpha value is -1.10. The molecule has 1 aliphatic heterocycles. The molecule has 48 heavy (non-hydrogen) atoms. The molecule has 7 nitrogen and oxygen atoms in total. The topological polar surface area (TPSA) is 116 Å². The highest BCUT2D eigenvalue weighted by Gasteiger charge is 2.70. The second-order valence-corrected chi connectivity index (χ2v) is 20.2. The van der Waals surface area contributed by atoms with Crippen LogP contribution in [0.3, 0.4) is 0 Å². The van der Waals surface area contributed by atoms with Crippen molar-refractivity contribution >= 4 is 27.4 Å². The number of aliphatic hydroxyl groups is 4. The van der Waals surface area contributed by atoms with Gasteiger partial charge in [0.15, 0.2) is 5.78 Å². The number of nitrogens with zero attached hydrogens (tertiary/aromatic N) is 2. The highest BCUT2D eigenvalue weighted by atomic mass is 33.1. The zero-order valence-electron chi connectivity index (χ0n) is 29.6. The zero-order chi connectivity index (χ0) is 34.2. The summed E-state index contributed by atoms with van der Waals surface area (Å²) in [5.41, 5.74) is 1.61. The predicted octanol–water partition coefficient (Wildman–Crippen LogP) is 6.92. The molecule has 0 radical (unpaired) electrons. The van der Waals surface area contributed by atoms with Gasteiger partial charge in [0.05, 0.1) is 30.2 Å². The van der Waals surface area contributed by atoms with Crippen LogP contribution in [0.4, 0.5) is 0 Å². The molecule has 1 aromatic rings. The number of carbonyl (C=O) groups excluding carboxylic acids is 1. The molecule has 4 saturated carbocycles. The molecular formula is C39H58N2O5S2. The molecule has 2 heterocycles. The quantitative estimate of drug-likeness (QED) is 0.185. The molecule has 1 aromatic heterocycles. The van der Waals surface area contributed by atoms with Crippen LogP contribution in [0, 0.1) is 45.8 Å². The minimum atomic E-state index is -1.18. The Bertz CT molecular complexity index is 1440. The van der Waals surface area contributed by atoms with Gasteiger partial charge in [0.1, 0.15) is 0 Å². The molecule has 7 rings (SSSR count). The van der Waals surface area contributed by atoms with E-state index in [0.717, 1.165) is 55.6 Å². The van der Waals surface area contributed by atoms with E-state index in [2.05, 4.69) is 50.4 Å². The van der Waals surface area contributed by atoms with Crippen molar-refractivity contribution in [3.63, 3.8) is 0 Å². The van der Waals surface area contributed by atoms with E-state index in [1.165, 1.54) is 18.4 Å². The molecule has 4 N–H and O–H groups in total. The van der Waals surface area contributed by atoms with Gasteiger partial charge in [0.2, 0.25) is 0 Å². The first-order valence-electron chi connectivity index (χ1n) is 18.7. The zero-order valence-corrected chi connectivity index (χ0v) is 31.2. The maximum atomic E-state index is 13.9. The minimum Gasteiger partial charge on any atom is -0.393 e. The minimum absolute atomic E-state index is 0.00573. The van der Waals surface area contributed by atoms with Crippen LogP contribution in [0.1, 0.15) is 111 Å². The first-order chi connectivity index (χ1) is 22.7. The van der Waals surface area contributed by atoms with Gasteiger partial charge in [-0.2, -0.15) is 0 Å². The summed E-state index contributed by atoms with van der Waals surface area (Å²) >= 11 is 0. The van der Waals surface area contributed by atoms with Gasteiger partial charge < -0.3 is 25.0 Å². The van der Waals surface area contributed by atoms with E-state index < -0.39 is 34.7 Å². The van der Waals surface area contributed by atoms with Gasteiger partial charge in [-0.1, -0.05) is 67.4 Å². The summed E-state index contributed by atoms with van der Waals surface area (Å²) in [5.74, 6) is 1.35. The molecule has 0 aromatic carbocycles. The number of hydrogen-bond donors (Lipinski definition) is 4. The molecular weight excluding hydrogens is 641 g/mol. The molecule has 0 amide bonds. The van der Waals surface area contributed by atoms with Crippen molar-refractivity contribution in [3.05, 3.63) is 41.5 Å². The monoisotopic (exact) mass is 698 g/mol. The number of allylic oxidation sites excluding steroid dienone is 2. The van der Waals surface area contributed by atoms with Crippen molar-refractivity contribution < 1.29 is 25.2 Å². The lowest BCUT2D eigenvalue weighted by molar-refractivity contribution is -0.158. The number of fused-ring (bicyclic) bond motifs is 9. The van der Waals surface area contributed by atoms with Gasteiger partial charge in [-0.15, -0.1) is 0 Å². The van der Waals surface area contributed by atoms with Crippen LogP contribution in [-0.4, -0.2) is 71.2 Å². The molecule has 12 atom stereocenters. The van der Waals surface area contributed by atoms with Crippen LogP contribution in [-0.2, 0) is 4.79 Å². The van der Waals surface area contributed by atoms with Crippen LogP contribution in [0.2, 0.25) is 0 Å². The van der Waals surface area contributed by atoms with Crippen LogP contribution in [0.5, 0.6) is 0 Å². The maximum Gasteiger partial charge on any atom is 0.159 e. The predicted molar refractivity (Wildman–Crippen MR) is 193 cm³/mol. The van der Waals surface area contributed by atoms with Crippen molar-refractivity contribution in [2.45, 2.75) is 135 Å². The van der Waals surface area contributed by atoms with Crippen LogP contribution in [0.25, 0.3) is 0 Å². The number of imidazole rings is 1. The van der Waals surface area contributed by atoms with Gasteiger partial charge >= 0.3 is 0 Å². The molecule has 9 heteroatoms. The average Bonchev–Trinajstić information content (AvgIpc) is 3.80. The summed E-state index contributed by atoms with van der Waals surface area (Å²) in [6.07, 6.45) is 14.8. The lowest BCUT2D eigenvalue weighted by atomic mass is 9.45. The average molecular weight is 699 g/mol. The molecule has 266 valence electrons. The second kappa shape index (κ2) is 12.8. The first-order valence-corrected chi connectivity index (χ1v) is 21.1. The summed E-state index contributed by atoms with van der Waals surface area (Å²) < 4.78 is 2.25. The highest BCUT2D eigenvalue weighted by molar-refractivity contribution is 8.76. The SMILES string of the molecule is CC1C(O)CC(=C2CCCC2)C(C)(C)CC(n2ccnc2)CSSCC2CC1C1(C)CCC3C(=CC(=O)C4CC(O)C(O)CC43C)C21O. The summed E-state index contributed by atoms with van der Waals surface area (Å²) in [6.45, 7) is 11.4. The third-order valence-corrected chi connectivity index (χ3v) is 17.3. The molecule has 1 saturated heterocycles. The van der Waals surface area contributed by atoms with Crippen molar-refractivity contribution in [1.29, 1.82) is 0 Å².